The number of hydrogen-bond acceptors (Lipinski definition) is 3. The molecule has 0 spiro atoms. The number of nitro groups is 1. The predicted molar refractivity (Wildman–Crippen MR) is 77.0 cm³/mol. The molecule has 104 valence electrons. The van der Waals surface area contributed by atoms with Crippen molar-refractivity contribution in [1.29, 1.82) is 0 Å². The molecule has 20 heavy (non-hydrogen) atoms. The SMILES string of the molecule is Cc1cc(Br)ccc1Oc1cc(Cl)c(F)cc1[N+](=O)[O-]. The quantitative estimate of drug-likeness (QED) is 0.555. The highest BCUT2D eigenvalue weighted by molar-refractivity contribution is 9.10. The molecule has 2 aromatic rings. The third-order valence-corrected chi connectivity index (χ3v) is 3.34. The molecule has 4 nitrogen and oxygen atoms in total. The number of hydrogen-bond donors (Lipinski definition) is 0. The molecule has 2 rings (SSSR count). The summed E-state index contributed by atoms with van der Waals surface area (Å²) in [5.74, 6) is -0.538. The largest absolute Gasteiger partial charge is 0.450 e. The van der Waals surface area contributed by atoms with Crippen LogP contribution in [0.4, 0.5) is 10.1 Å². The van der Waals surface area contributed by atoms with Gasteiger partial charge in [0.1, 0.15) is 11.6 Å². The first-order valence-electron chi connectivity index (χ1n) is 5.46. The monoisotopic (exact) mass is 359 g/mol. The van der Waals surface area contributed by atoms with Gasteiger partial charge in [0.25, 0.3) is 0 Å². The van der Waals surface area contributed by atoms with Gasteiger partial charge >= 0.3 is 5.69 Å². The van der Waals surface area contributed by atoms with Gasteiger partial charge in [0.2, 0.25) is 5.75 Å². The van der Waals surface area contributed by atoms with E-state index in [1.807, 2.05) is 0 Å². The van der Waals surface area contributed by atoms with Crippen molar-refractivity contribution >= 4 is 33.2 Å². The second kappa shape index (κ2) is 5.76. The van der Waals surface area contributed by atoms with Crippen LogP contribution in [0.15, 0.2) is 34.8 Å². The zero-order valence-corrected chi connectivity index (χ0v) is 12.5. The molecule has 0 aliphatic rings. The Hall–Kier alpha value is -1.66. The molecular formula is C13H8BrClFNO3. The molecule has 0 aliphatic heterocycles. The molecule has 0 saturated carbocycles. The first kappa shape index (κ1) is 14.7. The van der Waals surface area contributed by atoms with Crippen LogP contribution in [0.2, 0.25) is 5.02 Å². The van der Waals surface area contributed by atoms with Crippen molar-refractivity contribution in [3.05, 3.63) is 61.3 Å². The van der Waals surface area contributed by atoms with Crippen molar-refractivity contribution in [1.82, 2.24) is 0 Å². The van der Waals surface area contributed by atoms with Gasteiger partial charge in [0, 0.05) is 10.5 Å². The Morgan fingerprint density at radius 3 is 2.60 bits per heavy atom. The van der Waals surface area contributed by atoms with E-state index in [9.17, 15) is 14.5 Å². The maximum Gasteiger partial charge on any atom is 0.314 e. The molecule has 0 saturated heterocycles. The van der Waals surface area contributed by atoms with E-state index in [1.165, 1.54) is 0 Å². The summed E-state index contributed by atoms with van der Waals surface area (Å²) in [5.41, 5.74) is 0.295. The molecule has 0 bridgehead atoms. The van der Waals surface area contributed by atoms with Crippen molar-refractivity contribution in [3.8, 4) is 11.5 Å². The third-order valence-electron chi connectivity index (χ3n) is 2.56. The van der Waals surface area contributed by atoms with Gasteiger partial charge in [-0.05, 0) is 30.7 Å². The molecule has 0 heterocycles. The molecule has 0 amide bonds. The first-order valence-corrected chi connectivity index (χ1v) is 6.63. The standard InChI is InChI=1S/C13H8BrClFNO3/c1-7-4-8(14)2-3-12(7)20-13-5-9(15)10(16)6-11(13)17(18)19/h2-6H,1H3. The number of ether oxygens (including phenoxy) is 1. The lowest BCUT2D eigenvalue weighted by Gasteiger charge is -2.10. The Kier molecular flexibility index (Phi) is 4.25. The fraction of sp³-hybridized carbons (Fsp3) is 0.0769. The molecule has 0 N–H and O–H groups in total. The number of benzene rings is 2. The van der Waals surface area contributed by atoms with Crippen LogP contribution in [0.5, 0.6) is 11.5 Å². The van der Waals surface area contributed by atoms with E-state index in [4.69, 9.17) is 16.3 Å². The summed E-state index contributed by atoms with van der Waals surface area (Å²) in [6, 6.07) is 7.02. The van der Waals surface area contributed by atoms with Gasteiger partial charge in [-0.3, -0.25) is 10.1 Å². The minimum absolute atomic E-state index is 0.105. The Bertz CT molecular complexity index is 694. The lowest BCUT2D eigenvalue weighted by atomic mass is 10.2. The molecule has 0 aliphatic carbocycles. The van der Waals surface area contributed by atoms with Crippen LogP contribution in [-0.4, -0.2) is 4.92 Å². The fourth-order valence-corrected chi connectivity index (χ4v) is 2.22. The van der Waals surface area contributed by atoms with Crippen molar-refractivity contribution in [3.63, 3.8) is 0 Å². The van der Waals surface area contributed by atoms with Crippen molar-refractivity contribution in [2.24, 2.45) is 0 Å². The highest BCUT2D eigenvalue weighted by Crippen LogP contribution is 2.36. The summed E-state index contributed by atoms with van der Waals surface area (Å²) in [7, 11) is 0. The topological polar surface area (TPSA) is 52.4 Å². The summed E-state index contributed by atoms with van der Waals surface area (Å²) in [5, 5.41) is 10.7. The van der Waals surface area contributed by atoms with Gasteiger partial charge in [-0.2, -0.15) is 0 Å². The Morgan fingerprint density at radius 2 is 2.00 bits per heavy atom. The number of rotatable bonds is 3. The van der Waals surface area contributed by atoms with E-state index in [-0.39, 0.29) is 10.8 Å². The summed E-state index contributed by atoms with van der Waals surface area (Å²) < 4.78 is 19.6. The van der Waals surface area contributed by atoms with Crippen molar-refractivity contribution in [2.75, 3.05) is 0 Å². The maximum atomic E-state index is 13.3. The smallest absolute Gasteiger partial charge is 0.314 e. The average molecular weight is 361 g/mol. The van der Waals surface area contributed by atoms with E-state index in [0.717, 1.165) is 22.2 Å². The van der Waals surface area contributed by atoms with E-state index < -0.39 is 16.4 Å². The highest BCUT2D eigenvalue weighted by Gasteiger charge is 2.20. The maximum absolute atomic E-state index is 13.3. The van der Waals surface area contributed by atoms with Gasteiger partial charge < -0.3 is 4.74 Å². The van der Waals surface area contributed by atoms with Crippen LogP contribution in [0.1, 0.15) is 5.56 Å². The summed E-state index contributed by atoms with van der Waals surface area (Å²) in [6.45, 7) is 1.79. The Balaban J connectivity index is 2.47. The van der Waals surface area contributed by atoms with Gasteiger partial charge in [0.15, 0.2) is 0 Å². The molecule has 0 atom stereocenters. The second-order valence-corrected chi connectivity index (χ2v) is 5.33. The van der Waals surface area contributed by atoms with Gasteiger partial charge in [0.05, 0.1) is 16.0 Å². The lowest BCUT2D eigenvalue weighted by molar-refractivity contribution is -0.385. The second-order valence-electron chi connectivity index (χ2n) is 4.00. The molecule has 0 aromatic heterocycles. The molecule has 7 heteroatoms. The average Bonchev–Trinajstić information content (AvgIpc) is 2.36. The molecule has 0 radical (unpaired) electrons. The molecule has 0 unspecified atom stereocenters. The minimum Gasteiger partial charge on any atom is -0.450 e. The van der Waals surface area contributed by atoms with Crippen LogP contribution < -0.4 is 4.74 Å². The van der Waals surface area contributed by atoms with Gasteiger partial charge in [-0.15, -0.1) is 0 Å². The van der Waals surface area contributed by atoms with E-state index >= 15 is 0 Å². The number of nitro benzene ring substituents is 1. The fourth-order valence-electron chi connectivity index (χ4n) is 1.59. The van der Waals surface area contributed by atoms with Crippen molar-refractivity contribution < 1.29 is 14.1 Å². The van der Waals surface area contributed by atoms with E-state index in [1.54, 1.807) is 25.1 Å². The normalized spacial score (nSPS) is 10.4. The van der Waals surface area contributed by atoms with Crippen LogP contribution >= 0.6 is 27.5 Å². The van der Waals surface area contributed by atoms with Crippen LogP contribution in [0, 0.1) is 22.9 Å². The predicted octanol–water partition coefficient (Wildman–Crippen LogP) is 5.25. The summed E-state index contributed by atoms with van der Waals surface area (Å²) >= 11 is 8.94. The Morgan fingerprint density at radius 1 is 1.30 bits per heavy atom. The van der Waals surface area contributed by atoms with Gasteiger partial charge in [-0.1, -0.05) is 27.5 Å². The number of halogens is 3. The molecule has 0 fully saturated rings. The highest BCUT2D eigenvalue weighted by atomic mass is 79.9. The summed E-state index contributed by atoms with van der Waals surface area (Å²) in [4.78, 5) is 10.2. The zero-order chi connectivity index (χ0) is 14.9. The lowest BCUT2D eigenvalue weighted by Crippen LogP contribution is -1.96. The minimum atomic E-state index is -0.863. The zero-order valence-electron chi connectivity index (χ0n) is 10.2. The van der Waals surface area contributed by atoms with Gasteiger partial charge in [-0.25, -0.2) is 4.39 Å². The molecule has 2 aromatic carbocycles. The van der Waals surface area contributed by atoms with E-state index in [2.05, 4.69) is 15.9 Å². The van der Waals surface area contributed by atoms with Crippen molar-refractivity contribution in [2.45, 2.75) is 6.92 Å². The first-order chi connectivity index (χ1) is 9.38. The third kappa shape index (κ3) is 3.08. The van der Waals surface area contributed by atoms with E-state index in [0.29, 0.717) is 5.75 Å². The Labute approximate surface area is 127 Å². The van der Waals surface area contributed by atoms with Crippen LogP contribution in [0.25, 0.3) is 0 Å². The number of aryl methyl sites for hydroxylation is 1. The molecular weight excluding hydrogens is 353 g/mol. The summed E-state index contributed by atoms with van der Waals surface area (Å²) in [6.07, 6.45) is 0. The van der Waals surface area contributed by atoms with Crippen LogP contribution in [0.3, 0.4) is 0 Å². The number of nitrogens with zero attached hydrogens (tertiary/aromatic N) is 1. The van der Waals surface area contributed by atoms with Crippen LogP contribution in [-0.2, 0) is 0 Å².